The smallest absolute Gasteiger partial charge is 0.238 e. The van der Waals surface area contributed by atoms with Crippen molar-refractivity contribution in [3.05, 3.63) is 95.1 Å². The minimum atomic E-state index is -1.09. The van der Waals surface area contributed by atoms with E-state index < -0.39 is 18.0 Å². The molecule has 2 amide bonds. The summed E-state index contributed by atoms with van der Waals surface area (Å²) in [4.78, 5) is 40.8. The SMILES string of the molecule is NCCN(CCN)C(=O)C[C@H](N)C(=O)N[C@@H](CCc1ccccc1)C(=O)Cc1ccc2c(c1)Cc1ccccc1-2. The normalized spacial score (nSPS) is 13.2. The van der Waals surface area contributed by atoms with Crippen LogP contribution in [0.2, 0.25) is 0 Å². The highest BCUT2D eigenvalue weighted by Gasteiger charge is 2.27. The second kappa shape index (κ2) is 14.0. The molecule has 1 aliphatic carbocycles. The van der Waals surface area contributed by atoms with E-state index in [1.54, 1.807) is 0 Å². The first-order valence-electron chi connectivity index (χ1n) is 13.9. The van der Waals surface area contributed by atoms with Crippen molar-refractivity contribution in [3.8, 4) is 11.1 Å². The summed E-state index contributed by atoms with van der Waals surface area (Å²) in [5.74, 6) is -0.902. The van der Waals surface area contributed by atoms with Crippen LogP contribution in [0.4, 0.5) is 0 Å². The highest BCUT2D eigenvalue weighted by Crippen LogP contribution is 2.36. The Morgan fingerprint density at radius 1 is 0.825 bits per heavy atom. The number of rotatable bonds is 14. The summed E-state index contributed by atoms with van der Waals surface area (Å²) in [6, 6.07) is 22.5. The fourth-order valence-corrected chi connectivity index (χ4v) is 5.26. The number of ketones is 1. The first kappa shape index (κ1) is 29.1. The van der Waals surface area contributed by atoms with Gasteiger partial charge in [-0.2, -0.15) is 0 Å². The third kappa shape index (κ3) is 7.41. The largest absolute Gasteiger partial charge is 0.345 e. The molecular weight excluding hydrogens is 502 g/mol. The number of fused-ring (bicyclic) bond motifs is 3. The van der Waals surface area contributed by atoms with Gasteiger partial charge in [-0.05, 0) is 52.6 Å². The zero-order valence-electron chi connectivity index (χ0n) is 22.9. The fraction of sp³-hybridized carbons (Fsp3) is 0.344. The summed E-state index contributed by atoms with van der Waals surface area (Å²) in [5.41, 5.74) is 24.2. The first-order valence-corrected chi connectivity index (χ1v) is 13.9. The van der Waals surface area contributed by atoms with Crippen LogP contribution >= 0.6 is 0 Å². The molecule has 4 rings (SSSR count). The molecular formula is C32H39N5O3. The average molecular weight is 542 g/mol. The third-order valence-corrected chi connectivity index (χ3v) is 7.39. The van der Waals surface area contributed by atoms with E-state index in [1.165, 1.54) is 27.2 Å². The second-order valence-corrected chi connectivity index (χ2v) is 10.3. The minimum Gasteiger partial charge on any atom is -0.345 e. The number of carbonyl (C=O) groups is 3. The molecule has 8 heteroatoms. The maximum Gasteiger partial charge on any atom is 0.238 e. The number of carbonyl (C=O) groups excluding carboxylic acids is 3. The molecule has 0 heterocycles. The van der Waals surface area contributed by atoms with Crippen molar-refractivity contribution in [2.24, 2.45) is 17.2 Å². The van der Waals surface area contributed by atoms with Gasteiger partial charge in [0, 0.05) is 32.6 Å². The van der Waals surface area contributed by atoms with Gasteiger partial charge in [-0.1, -0.05) is 72.8 Å². The zero-order valence-corrected chi connectivity index (χ0v) is 22.9. The van der Waals surface area contributed by atoms with Crippen LogP contribution in [0.25, 0.3) is 11.1 Å². The van der Waals surface area contributed by atoms with E-state index in [0.29, 0.717) is 25.9 Å². The van der Waals surface area contributed by atoms with Crippen molar-refractivity contribution in [3.63, 3.8) is 0 Å². The van der Waals surface area contributed by atoms with E-state index in [-0.39, 0.29) is 37.6 Å². The van der Waals surface area contributed by atoms with Gasteiger partial charge in [0.1, 0.15) is 0 Å². The van der Waals surface area contributed by atoms with E-state index >= 15 is 0 Å². The van der Waals surface area contributed by atoms with Gasteiger partial charge >= 0.3 is 0 Å². The van der Waals surface area contributed by atoms with Crippen molar-refractivity contribution < 1.29 is 14.4 Å². The van der Waals surface area contributed by atoms with Crippen LogP contribution in [-0.2, 0) is 33.6 Å². The molecule has 0 radical (unpaired) electrons. The number of hydrogen-bond acceptors (Lipinski definition) is 6. The molecule has 2 atom stereocenters. The Morgan fingerprint density at radius 3 is 2.23 bits per heavy atom. The Bertz CT molecular complexity index is 1320. The molecule has 3 aromatic rings. The van der Waals surface area contributed by atoms with Crippen molar-refractivity contribution >= 4 is 17.6 Å². The third-order valence-electron chi connectivity index (χ3n) is 7.39. The van der Waals surface area contributed by atoms with Gasteiger partial charge in [-0.3, -0.25) is 14.4 Å². The lowest BCUT2D eigenvalue weighted by Gasteiger charge is -2.24. The summed E-state index contributed by atoms with van der Waals surface area (Å²) in [7, 11) is 0. The van der Waals surface area contributed by atoms with Gasteiger partial charge in [-0.25, -0.2) is 0 Å². The molecule has 0 aliphatic heterocycles. The van der Waals surface area contributed by atoms with Gasteiger partial charge in [0.05, 0.1) is 18.5 Å². The van der Waals surface area contributed by atoms with Crippen molar-refractivity contribution in [1.82, 2.24) is 10.2 Å². The molecule has 0 saturated carbocycles. The van der Waals surface area contributed by atoms with Gasteiger partial charge in [-0.15, -0.1) is 0 Å². The van der Waals surface area contributed by atoms with Crippen molar-refractivity contribution in [2.45, 2.75) is 44.2 Å². The standard InChI is InChI=1S/C32H39N5O3/c33-14-16-37(17-15-34)31(39)21-28(35)32(40)36-29(13-11-22-6-2-1-3-7-22)30(38)19-23-10-12-27-25(18-23)20-24-8-4-5-9-26(24)27/h1-10,12,18,28-29H,11,13-17,19-21,33-35H2,(H,36,40)/t28-,29-/m0/s1. The molecule has 7 N–H and O–H groups in total. The second-order valence-electron chi connectivity index (χ2n) is 10.3. The number of aryl methyl sites for hydroxylation is 1. The highest BCUT2D eigenvalue weighted by atomic mass is 16.2. The molecule has 3 aromatic carbocycles. The van der Waals surface area contributed by atoms with Crippen LogP contribution in [0.1, 0.15) is 35.1 Å². The molecule has 0 saturated heterocycles. The molecule has 0 bridgehead atoms. The average Bonchev–Trinajstić information content (AvgIpc) is 3.33. The summed E-state index contributed by atoms with van der Waals surface area (Å²) >= 11 is 0. The van der Waals surface area contributed by atoms with Crippen LogP contribution in [0.5, 0.6) is 0 Å². The minimum absolute atomic E-state index is 0.0915. The molecule has 0 spiro atoms. The van der Waals surface area contributed by atoms with E-state index in [4.69, 9.17) is 17.2 Å². The number of nitrogens with one attached hydrogen (secondary N) is 1. The monoisotopic (exact) mass is 541 g/mol. The van der Waals surface area contributed by atoms with E-state index in [2.05, 4.69) is 29.6 Å². The summed E-state index contributed by atoms with van der Waals surface area (Å²) in [6.07, 6.45) is 1.90. The number of amides is 2. The molecule has 0 unspecified atom stereocenters. The maximum atomic E-state index is 13.6. The number of benzene rings is 3. The van der Waals surface area contributed by atoms with Crippen LogP contribution in [-0.4, -0.2) is 60.8 Å². The molecule has 0 fully saturated rings. The predicted molar refractivity (Wildman–Crippen MR) is 157 cm³/mol. The fourth-order valence-electron chi connectivity index (χ4n) is 5.26. The van der Waals surface area contributed by atoms with E-state index in [9.17, 15) is 14.4 Å². The lowest BCUT2D eigenvalue weighted by molar-refractivity contribution is -0.134. The Balaban J connectivity index is 1.44. The van der Waals surface area contributed by atoms with Crippen LogP contribution in [0.3, 0.4) is 0 Å². The zero-order chi connectivity index (χ0) is 28.5. The lowest BCUT2D eigenvalue weighted by Crippen LogP contribution is -2.51. The van der Waals surface area contributed by atoms with Crippen LogP contribution in [0.15, 0.2) is 72.8 Å². The Labute approximate surface area is 235 Å². The molecule has 210 valence electrons. The van der Waals surface area contributed by atoms with Crippen molar-refractivity contribution in [2.75, 3.05) is 26.2 Å². The summed E-state index contributed by atoms with van der Waals surface area (Å²) < 4.78 is 0. The Kier molecular flexibility index (Phi) is 10.2. The van der Waals surface area contributed by atoms with Gasteiger partial charge in [0.2, 0.25) is 11.8 Å². The molecule has 40 heavy (non-hydrogen) atoms. The van der Waals surface area contributed by atoms with Gasteiger partial charge in [0.15, 0.2) is 5.78 Å². The first-order chi connectivity index (χ1) is 19.4. The molecule has 8 nitrogen and oxygen atoms in total. The van der Waals surface area contributed by atoms with Gasteiger partial charge < -0.3 is 27.4 Å². The Morgan fingerprint density at radius 2 is 1.50 bits per heavy atom. The topological polar surface area (TPSA) is 145 Å². The van der Waals surface area contributed by atoms with Crippen molar-refractivity contribution in [1.29, 1.82) is 0 Å². The van der Waals surface area contributed by atoms with Crippen LogP contribution < -0.4 is 22.5 Å². The van der Waals surface area contributed by atoms with E-state index in [1.807, 2.05) is 48.5 Å². The number of Topliss-reactive ketones (excluding diaryl/α,β-unsaturated/α-hetero) is 1. The molecule has 0 aromatic heterocycles. The molecule has 1 aliphatic rings. The Hall–Kier alpha value is -3.85. The van der Waals surface area contributed by atoms with E-state index in [0.717, 1.165) is 17.5 Å². The highest BCUT2D eigenvalue weighted by molar-refractivity contribution is 5.94. The summed E-state index contributed by atoms with van der Waals surface area (Å²) in [6.45, 7) is 1.26. The van der Waals surface area contributed by atoms with Gasteiger partial charge in [0.25, 0.3) is 0 Å². The lowest BCUT2D eigenvalue weighted by atomic mass is 9.95. The quantitative estimate of drug-likeness (QED) is 0.192. The summed E-state index contributed by atoms with van der Waals surface area (Å²) in [5, 5.41) is 2.85. The number of nitrogens with zero attached hydrogens (tertiary/aromatic N) is 1. The van der Waals surface area contributed by atoms with Crippen LogP contribution in [0, 0.1) is 0 Å². The number of nitrogens with two attached hydrogens (primary N) is 3. The number of hydrogen-bond donors (Lipinski definition) is 4. The predicted octanol–water partition coefficient (Wildman–Crippen LogP) is 1.95. The maximum absolute atomic E-state index is 13.6.